The molecule has 4 rings (SSSR count). The maximum absolute atomic E-state index is 13.7. The second-order valence-corrected chi connectivity index (χ2v) is 10.6. The number of nitrogens with one attached hydrogen (secondary N) is 2. The van der Waals surface area contributed by atoms with Crippen molar-refractivity contribution in [2.75, 3.05) is 13.7 Å². The summed E-state index contributed by atoms with van der Waals surface area (Å²) in [5, 5.41) is 13.3. The Hall–Kier alpha value is -3.34. The molecule has 8 nitrogen and oxygen atoms in total. The summed E-state index contributed by atoms with van der Waals surface area (Å²) >= 11 is 0. The molecule has 2 aromatic rings. The fourth-order valence-corrected chi connectivity index (χ4v) is 5.40. The summed E-state index contributed by atoms with van der Waals surface area (Å²) in [5.74, 6) is 0.0685. The number of benzene rings is 1. The number of piperidine rings is 1. The van der Waals surface area contributed by atoms with Crippen molar-refractivity contribution in [1.82, 2.24) is 15.2 Å². The van der Waals surface area contributed by atoms with E-state index in [1.54, 1.807) is 18.1 Å². The van der Waals surface area contributed by atoms with E-state index >= 15 is 0 Å². The number of carbonyl (C=O) groups is 3. The molecule has 0 bridgehead atoms. The minimum atomic E-state index is -0.751. The van der Waals surface area contributed by atoms with Crippen molar-refractivity contribution in [3.05, 3.63) is 30.0 Å². The number of amides is 2. The topological polar surface area (TPSA) is 115 Å². The van der Waals surface area contributed by atoms with Crippen LogP contribution in [0.1, 0.15) is 69.3 Å². The second-order valence-electron chi connectivity index (χ2n) is 10.6. The number of fused-ring (bicyclic) bond motifs is 1. The number of ether oxygens (including phenoxy) is 1. The molecule has 0 spiro atoms. The van der Waals surface area contributed by atoms with Crippen molar-refractivity contribution in [1.29, 1.82) is 5.26 Å². The van der Waals surface area contributed by atoms with Gasteiger partial charge in [0.25, 0.3) is 5.91 Å². The van der Waals surface area contributed by atoms with Gasteiger partial charge in [-0.05, 0) is 55.7 Å². The number of aromatic nitrogens is 1. The van der Waals surface area contributed by atoms with E-state index in [1.165, 1.54) is 0 Å². The van der Waals surface area contributed by atoms with Crippen molar-refractivity contribution >= 4 is 28.5 Å². The average molecular weight is 479 g/mol. The van der Waals surface area contributed by atoms with E-state index in [0.29, 0.717) is 37.3 Å². The predicted octanol–water partition coefficient (Wildman–Crippen LogP) is 3.97. The summed E-state index contributed by atoms with van der Waals surface area (Å²) in [7, 11) is 1.59. The minimum Gasteiger partial charge on any atom is -0.496 e. The lowest BCUT2D eigenvalue weighted by Crippen LogP contribution is -2.57. The summed E-state index contributed by atoms with van der Waals surface area (Å²) in [4.78, 5) is 44.0. The highest BCUT2D eigenvalue weighted by atomic mass is 16.5. The second kappa shape index (κ2) is 10.1. The fourth-order valence-electron chi connectivity index (χ4n) is 5.40. The minimum absolute atomic E-state index is 0.140. The third-order valence-electron chi connectivity index (χ3n) is 7.38. The number of methoxy groups -OCH3 is 1. The third kappa shape index (κ3) is 5.34. The number of rotatable bonds is 6. The van der Waals surface area contributed by atoms with Crippen molar-refractivity contribution in [3.8, 4) is 11.8 Å². The van der Waals surface area contributed by atoms with Gasteiger partial charge in [0, 0.05) is 29.8 Å². The van der Waals surface area contributed by atoms with Gasteiger partial charge in [-0.1, -0.05) is 26.3 Å². The Labute approximate surface area is 206 Å². The monoisotopic (exact) mass is 478 g/mol. The van der Waals surface area contributed by atoms with Gasteiger partial charge in [-0.3, -0.25) is 14.4 Å². The Kier molecular flexibility index (Phi) is 7.15. The molecule has 2 amide bonds. The lowest BCUT2D eigenvalue weighted by molar-refractivity contribution is -0.129. The van der Waals surface area contributed by atoms with Crippen LogP contribution in [0.15, 0.2) is 24.3 Å². The van der Waals surface area contributed by atoms with E-state index in [9.17, 15) is 19.6 Å². The third-order valence-corrected chi connectivity index (χ3v) is 7.38. The van der Waals surface area contributed by atoms with Crippen LogP contribution in [0.3, 0.4) is 0 Å². The summed E-state index contributed by atoms with van der Waals surface area (Å²) < 4.78 is 5.42. The first-order valence-electron chi connectivity index (χ1n) is 12.4. The average Bonchev–Trinajstić information content (AvgIpc) is 3.28. The molecular weight excluding hydrogens is 444 g/mol. The number of hydrogen-bond acceptors (Lipinski definition) is 5. The van der Waals surface area contributed by atoms with Crippen LogP contribution in [-0.2, 0) is 9.59 Å². The number of Topliss-reactive ketones (excluding diaryl/α,β-unsaturated/α-hetero) is 1. The van der Waals surface area contributed by atoms with Gasteiger partial charge in [0.05, 0.1) is 13.2 Å². The molecule has 1 aromatic carbocycles. The first kappa shape index (κ1) is 24.8. The maximum atomic E-state index is 13.7. The lowest BCUT2D eigenvalue weighted by atomic mass is 9.80. The molecule has 1 aliphatic heterocycles. The Bertz CT molecular complexity index is 1160. The van der Waals surface area contributed by atoms with E-state index < -0.39 is 12.1 Å². The van der Waals surface area contributed by atoms with E-state index in [4.69, 9.17) is 4.74 Å². The summed E-state index contributed by atoms with van der Waals surface area (Å²) in [6.07, 6.45) is 4.80. The molecule has 186 valence electrons. The highest BCUT2D eigenvalue weighted by Gasteiger charge is 2.41. The van der Waals surface area contributed by atoms with Gasteiger partial charge >= 0.3 is 0 Å². The van der Waals surface area contributed by atoms with Gasteiger partial charge in [0.1, 0.15) is 29.3 Å². The molecule has 35 heavy (non-hydrogen) atoms. The van der Waals surface area contributed by atoms with Crippen molar-refractivity contribution in [2.45, 2.75) is 70.9 Å². The van der Waals surface area contributed by atoms with Crippen LogP contribution in [0.4, 0.5) is 0 Å². The van der Waals surface area contributed by atoms with Crippen LogP contribution in [0.25, 0.3) is 10.9 Å². The Balaban J connectivity index is 1.54. The van der Waals surface area contributed by atoms with Crippen molar-refractivity contribution in [3.63, 3.8) is 0 Å². The zero-order valence-corrected chi connectivity index (χ0v) is 20.7. The SMILES string of the molecule is COc1cccc2[nH]c(C(=O)N3CC(C)(C)CCC3C(=O)NC(C#N)CC3CCCCC3=O)cc12. The quantitative estimate of drug-likeness (QED) is 0.652. The number of nitrogens with zero attached hydrogens (tertiary/aromatic N) is 2. The van der Waals surface area contributed by atoms with Crippen LogP contribution in [0.2, 0.25) is 0 Å². The molecule has 0 radical (unpaired) electrons. The summed E-state index contributed by atoms with van der Waals surface area (Å²) in [6.45, 7) is 4.60. The molecule has 2 fully saturated rings. The maximum Gasteiger partial charge on any atom is 0.271 e. The predicted molar refractivity (Wildman–Crippen MR) is 132 cm³/mol. The molecule has 2 heterocycles. The number of carbonyl (C=O) groups excluding carboxylic acids is 3. The highest BCUT2D eigenvalue weighted by molar-refractivity contribution is 6.01. The smallest absolute Gasteiger partial charge is 0.271 e. The molecule has 1 aromatic heterocycles. The van der Waals surface area contributed by atoms with Crippen molar-refractivity contribution in [2.24, 2.45) is 11.3 Å². The zero-order chi connectivity index (χ0) is 25.2. The van der Waals surface area contributed by atoms with Crippen molar-refractivity contribution < 1.29 is 19.1 Å². The van der Waals surface area contributed by atoms with Crippen LogP contribution in [-0.4, -0.2) is 53.2 Å². The van der Waals surface area contributed by atoms with Crippen LogP contribution >= 0.6 is 0 Å². The standard InChI is InChI=1S/C27H34N4O4/c1-27(2)12-11-22(25(33)29-18(15-28)13-17-7-4-5-9-23(17)32)31(16-27)26(34)21-14-19-20(30-21)8-6-10-24(19)35-3/h6,8,10,14,17-18,22,30H,4-5,7,9,11-13,16H2,1-3H3,(H,29,33). The van der Waals surface area contributed by atoms with Crippen LogP contribution < -0.4 is 10.1 Å². The van der Waals surface area contributed by atoms with Crippen LogP contribution in [0.5, 0.6) is 5.75 Å². The molecule has 1 saturated heterocycles. The molecule has 8 heteroatoms. The number of likely N-dealkylation sites (tertiary alicyclic amines) is 1. The molecular formula is C27H34N4O4. The molecule has 3 unspecified atom stereocenters. The number of hydrogen-bond donors (Lipinski definition) is 2. The first-order chi connectivity index (χ1) is 16.7. The Morgan fingerprint density at radius 1 is 1.31 bits per heavy atom. The van der Waals surface area contributed by atoms with E-state index in [2.05, 4.69) is 30.2 Å². The molecule has 1 saturated carbocycles. The Morgan fingerprint density at radius 2 is 2.11 bits per heavy atom. The molecule has 2 aliphatic rings. The number of aromatic amines is 1. The van der Waals surface area contributed by atoms with Gasteiger partial charge in [0.15, 0.2) is 0 Å². The van der Waals surface area contributed by atoms with E-state index in [1.807, 2.05) is 18.2 Å². The van der Waals surface area contributed by atoms with E-state index in [0.717, 1.165) is 36.6 Å². The van der Waals surface area contributed by atoms with Gasteiger partial charge in [0.2, 0.25) is 5.91 Å². The lowest BCUT2D eigenvalue weighted by Gasteiger charge is -2.43. The molecule has 2 N–H and O–H groups in total. The fraction of sp³-hybridized carbons (Fsp3) is 0.556. The molecule has 1 aliphatic carbocycles. The molecule has 3 atom stereocenters. The van der Waals surface area contributed by atoms with Gasteiger partial charge in [-0.2, -0.15) is 5.26 Å². The summed E-state index contributed by atoms with van der Waals surface area (Å²) in [6, 6.07) is 8.06. The number of ketones is 1. The van der Waals surface area contributed by atoms with Gasteiger partial charge in [-0.15, -0.1) is 0 Å². The van der Waals surface area contributed by atoms with Gasteiger partial charge in [-0.25, -0.2) is 0 Å². The highest BCUT2D eigenvalue weighted by Crippen LogP contribution is 2.34. The number of nitriles is 1. The number of H-pyrrole nitrogens is 1. The van der Waals surface area contributed by atoms with Crippen LogP contribution in [0, 0.1) is 22.7 Å². The summed E-state index contributed by atoms with van der Waals surface area (Å²) in [5.41, 5.74) is 1.04. The first-order valence-corrected chi connectivity index (χ1v) is 12.4. The normalized spacial score (nSPS) is 22.9. The largest absolute Gasteiger partial charge is 0.496 e. The van der Waals surface area contributed by atoms with E-state index in [-0.39, 0.29) is 28.9 Å². The Morgan fingerprint density at radius 3 is 2.83 bits per heavy atom. The van der Waals surface area contributed by atoms with Gasteiger partial charge < -0.3 is 19.9 Å². The zero-order valence-electron chi connectivity index (χ0n) is 20.7.